The maximum absolute atomic E-state index is 11.9. The van der Waals surface area contributed by atoms with Crippen molar-refractivity contribution in [2.45, 2.75) is 19.9 Å². The molecule has 0 radical (unpaired) electrons. The van der Waals surface area contributed by atoms with Crippen LogP contribution in [0.2, 0.25) is 0 Å². The molecule has 122 valence electrons. The van der Waals surface area contributed by atoms with Crippen LogP contribution in [0, 0.1) is 0 Å². The number of carbonyl (C=O) groups excluding carboxylic acids is 1. The number of aryl methyl sites for hydroxylation is 1. The zero-order valence-corrected chi connectivity index (χ0v) is 13.3. The van der Waals surface area contributed by atoms with Gasteiger partial charge in [-0.25, -0.2) is 5.43 Å². The van der Waals surface area contributed by atoms with Crippen molar-refractivity contribution in [3.05, 3.63) is 70.3 Å². The molecule has 1 amide bonds. The summed E-state index contributed by atoms with van der Waals surface area (Å²) in [6.45, 7) is 2.04. The topological polar surface area (TPSA) is 79.2 Å². The molecule has 2 N–H and O–H groups in total. The summed E-state index contributed by atoms with van der Waals surface area (Å²) in [5.41, 5.74) is 5.45. The Morgan fingerprint density at radius 2 is 2.17 bits per heavy atom. The number of aromatic amines is 1. The van der Waals surface area contributed by atoms with Crippen LogP contribution in [0.4, 0.5) is 0 Å². The van der Waals surface area contributed by atoms with Crippen LogP contribution in [0.3, 0.4) is 0 Å². The fraction of sp³-hybridized carbons (Fsp3) is 0.167. The normalized spacial score (nSPS) is 11.2. The van der Waals surface area contributed by atoms with Gasteiger partial charge in [0.15, 0.2) is 0 Å². The van der Waals surface area contributed by atoms with E-state index in [0.29, 0.717) is 0 Å². The van der Waals surface area contributed by atoms with E-state index in [1.54, 1.807) is 24.5 Å². The van der Waals surface area contributed by atoms with E-state index in [9.17, 15) is 9.59 Å². The Morgan fingerprint density at radius 1 is 1.29 bits per heavy atom. The van der Waals surface area contributed by atoms with Gasteiger partial charge < -0.3 is 9.55 Å². The molecule has 2 heterocycles. The van der Waals surface area contributed by atoms with Crippen LogP contribution >= 0.6 is 0 Å². The highest BCUT2D eigenvalue weighted by Gasteiger charge is 2.05. The fourth-order valence-electron chi connectivity index (χ4n) is 2.60. The van der Waals surface area contributed by atoms with Crippen molar-refractivity contribution >= 4 is 23.0 Å². The summed E-state index contributed by atoms with van der Waals surface area (Å²) in [5.74, 6) is -0.353. The van der Waals surface area contributed by atoms with Crippen LogP contribution in [0.15, 0.2) is 58.7 Å². The first-order valence-corrected chi connectivity index (χ1v) is 7.75. The van der Waals surface area contributed by atoms with Gasteiger partial charge in [-0.1, -0.05) is 31.2 Å². The smallest absolute Gasteiger partial charge is 0.260 e. The SMILES string of the molecule is CCc1cccc2c(/C=N/NC(=O)Cn3ccccc3=O)c[nH]c12. The highest BCUT2D eigenvalue weighted by molar-refractivity contribution is 6.00. The molecule has 1 aromatic carbocycles. The lowest BCUT2D eigenvalue weighted by Gasteiger charge is -2.03. The van der Waals surface area contributed by atoms with Gasteiger partial charge in [0.2, 0.25) is 0 Å². The first-order chi connectivity index (χ1) is 11.7. The van der Waals surface area contributed by atoms with Crippen molar-refractivity contribution in [2.24, 2.45) is 5.10 Å². The predicted molar refractivity (Wildman–Crippen MR) is 94.1 cm³/mol. The molecule has 0 saturated carbocycles. The van der Waals surface area contributed by atoms with Crippen LogP contribution < -0.4 is 11.0 Å². The van der Waals surface area contributed by atoms with E-state index < -0.39 is 0 Å². The van der Waals surface area contributed by atoms with Crippen LogP contribution in [-0.4, -0.2) is 21.7 Å². The van der Waals surface area contributed by atoms with Crippen molar-refractivity contribution in [1.29, 1.82) is 0 Å². The van der Waals surface area contributed by atoms with Crippen molar-refractivity contribution in [3.8, 4) is 0 Å². The predicted octanol–water partition coefficient (Wildman–Crippen LogP) is 2.04. The molecule has 0 aliphatic rings. The lowest BCUT2D eigenvalue weighted by molar-refractivity contribution is -0.121. The van der Waals surface area contributed by atoms with Gasteiger partial charge in [0, 0.05) is 34.9 Å². The number of H-pyrrole nitrogens is 1. The highest BCUT2D eigenvalue weighted by atomic mass is 16.2. The molecular formula is C18H18N4O2. The van der Waals surface area contributed by atoms with Crippen molar-refractivity contribution in [3.63, 3.8) is 0 Å². The number of benzene rings is 1. The number of fused-ring (bicyclic) bond motifs is 1. The van der Waals surface area contributed by atoms with Crippen LogP contribution in [-0.2, 0) is 17.8 Å². The molecule has 0 aliphatic carbocycles. The summed E-state index contributed by atoms with van der Waals surface area (Å²) in [6, 6.07) is 10.9. The molecule has 0 atom stereocenters. The average Bonchev–Trinajstić information content (AvgIpc) is 3.00. The Hall–Kier alpha value is -3.15. The lowest BCUT2D eigenvalue weighted by Crippen LogP contribution is -2.28. The number of hydrogen-bond donors (Lipinski definition) is 2. The number of carbonyl (C=O) groups is 1. The lowest BCUT2D eigenvalue weighted by atomic mass is 10.1. The summed E-state index contributed by atoms with van der Waals surface area (Å²) in [7, 11) is 0. The number of nitrogens with one attached hydrogen (secondary N) is 2. The molecule has 6 nitrogen and oxygen atoms in total. The summed E-state index contributed by atoms with van der Waals surface area (Å²) < 4.78 is 1.32. The molecule has 24 heavy (non-hydrogen) atoms. The third-order valence-electron chi connectivity index (χ3n) is 3.82. The molecule has 0 aliphatic heterocycles. The number of para-hydroxylation sites is 1. The van der Waals surface area contributed by atoms with E-state index >= 15 is 0 Å². The number of aromatic nitrogens is 2. The zero-order chi connectivity index (χ0) is 16.9. The average molecular weight is 322 g/mol. The molecule has 0 spiro atoms. The minimum atomic E-state index is -0.353. The number of nitrogens with zero attached hydrogens (tertiary/aromatic N) is 2. The number of amides is 1. The maximum atomic E-state index is 11.9. The van der Waals surface area contributed by atoms with E-state index in [-0.39, 0.29) is 18.0 Å². The van der Waals surface area contributed by atoms with Crippen molar-refractivity contribution in [1.82, 2.24) is 15.0 Å². The molecule has 2 aromatic heterocycles. The van der Waals surface area contributed by atoms with E-state index in [1.165, 1.54) is 16.2 Å². The molecular weight excluding hydrogens is 304 g/mol. The van der Waals surface area contributed by atoms with Gasteiger partial charge in [-0.2, -0.15) is 5.10 Å². The summed E-state index contributed by atoms with van der Waals surface area (Å²) in [6.07, 6.45) is 5.97. The third kappa shape index (κ3) is 3.27. The quantitative estimate of drug-likeness (QED) is 0.557. The Morgan fingerprint density at radius 3 is 2.96 bits per heavy atom. The van der Waals surface area contributed by atoms with E-state index in [4.69, 9.17) is 0 Å². The van der Waals surface area contributed by atoms with Crippen molar-refractivity contribution < 1.29 is 4.79 Å². The Labute approximate surface area is 138 Å². The molecule has 0 fully saturated rings. The molecule has 6 heteroatoms. The Bertz CT molecular complexity index is 953. The first kappa shape index (κ1) is 15.7. The number of hydrogen-bond acceptors (Lipinski definition) is 3. The van der Waals surface area contributed by atoms with Gasteiger partial charge in [0.25, 0.3) is 11.5 Å². The van der Waals surface area contributed by atoms with Crippen molar-refractivity contribution in [2.75, 3.05) is 0 Å². The summed E-state index contributed by atoms with van der Waals surface area (Å²) in [4.78, 5) is 26.7. The number of hydrazone groups is 1. The molecule has 0 unspecified atom stereocenters. The fourth-order valence-corrected chi connectivity index (χ4v) is 2.60. The monoisotopic (exact) mass is 322 g/mol. The van der Waals surface area contributed by atoms with Gasteiger partial charge in [0.1, 0.15) is 6.54 Å². The third-order valence-corrected chi connectivity index (χ3v) is 3.82. The number of rotatable bonds is 5. The molecule has 3 rings (SSSR count). The Kier molecular flexibility index (Phi) is 4.56. The van der Waals surface area contributed by atoms with Crippen LogP contribution in [0.5, 0.6) is 0 Å². The zero-order valence-electron chi connectivity index (χ0n) is 13.3. The minimum Gasteiger partial charge on any atom is -0.360 e. The second-order valence-electron chi connectivity index (χ2n) is 5.40. The van der Waals surface area contributed by atoms with Gasteiger partial charge in [-0.3, -0.25) is 9.59 Å². The molecule has 0 bridgehead atoms. The maximum Gasteiger partial charge on any atom is 0.260 e. The van der Waals surface area contributed by atoms with E-state index in [0.717, 1.165) is 22.9 Å². The highest BCUT2D eigenvalue weighted by Crippen LogP contribution is 2.20. The second kappa shape index (κ2) is 6.95. The van der Waals surface area contributed by atoms with Crippen LogP contribution in [0.1, 0.15) is 18.1 Å². The van der Waals surface area contributed by atoms with Gasteiger partial charge >= 0.3 is 0 Å². The largest absolute Gasteiger partial charge is 0.360 e. The van der Waals surface area contributed by atoms with Gasteiger partial charge in [0.05, 0.1) is 6.21 Å². The molecule has 0 saturated heterocycles. The van der Waals surface area contributed by atoms with E-state index in [2.05, 4.69) is 28.5 Å². The first-order valence-electron chi connectivity index (χ1n) is 7.75. The molecule has 3 aromatic rings. The standard InChI is InChI=1S/C18H18N4O2/c1-2-13-6-5-7-15-14(10-19-18(13)15)11-20-21-16(23)12-22-9-4-3-8-17(22)24/h3-11,19H,2,12H2,1H3,(H,21,23)/b20-11+. The van der Waals surface area contributed by atoms with Gasteiger partial charge in [-0.15, -0.1) is 0 Å². The second-order valence-corrected chi connectivity index (χ2v) is 5.40. The van der Waals surface area contributed by atoms with Crippen LogP contribution in [0.25, 0.3) is 10.9 Å². The minimum absolute atomic E-state index is 0.0646. The Balaban J connectivity index is 1.70. The van der Waals surface area contributed by atoms with Gasteiger partial charge in [-0.05, 0) is 18.1 Å². The summed E-state index contributed by atoms with van der Waals surface area (Å²) in [5, 5.41) is 5.05. The summed E-state index contributed by atoms with van der Waals surface area (Å²) >= 11 is 0. The van der Waals surface area contributed by atoms with E-state index in [1.807, 2.05) is 18.3 Å². The number of pyridine rings is 1.